The van der Waals surface area contributed by atoms with Gasteiger partial charge in [0.25, 0.3) is 0 Å². The molecule has 2 fully saturated rings. The average molecular weight is 828 g/mol. The fourth-order valence-corrected chi connectivity index (χ4v) is 8.47. The number of nitrogens with one attached hydrogen (secondary N) is 2. The summed E-state index contributed by atoms with van der Waals surface area (Å²) in [6.45, 7) is 15.0. The number of unbranched alkanes of at least 4 members (excludes halogenated alkanes) is 6. The van der Waals surface area contributed by atoms with Gasteiger partial charge in [0.1, 0.15) is 5.78 Å². The van der Waals surface area contributed by atoms with Crippen molar-refractivity contribution in [3.63, 3.8) is 0 Å². The Balaban J connectivity index is 1.37. The third-order valence-corrected chi connectivity index (χ3v) is 12.5. The van der Waals surface area contributed by atoms with Crippen LogP contribution in [0.5, 0.6) is 0 Å². The molecule has 0 aromatic heterocycles. The van der Waals surface area contributed by atoms with Gasteiger partial charge in [0.2, 0.25) is 11.8 Å². The summed E-state index contributed by atoms with van der Waals surface area (Å²) in [5, 5.41) is 6.19. The maximum atomic E-state index is 14.3. The Morgan fingerprint density at radius 1 is 0.667 bits per heavy atom. The Morgan fingerprint density at radius 2 is 1.20 bits per heavy atom. The van der Waals surface area contributed by atoms with E-state index in [4.69, 9.17) is 4.74 Å². The number of ketones is 3. The molecule has 1 saturated heterocycles. The van der Waals surface area contributed by atoms with Crippen LogP contribution in [0.2, 0.25) is 0 Å². The van der Waals surface area contributed by atoms with Crippen molar-refractivity contribution in [3.05, 3.63) is 71.8 Å². The summed E-state index contributed by atoms with van der Waals surface area (Å²) in [6, 6.07) is 18.2. The second-order valence-corrected chi connectivity index (χ2v) is 19.0. The maximum Gasteiger partial charge on any atom is 0.224 e. The number of nitrogens with zero attached hydrogens (tertiary/aromatic N) is 1. The van der Waals surface area contributed by atoms with E-state index in [1.54, 1.807) is 0 Å². The molecule has 9 nitrogen and oxygen atoms in total. The van der Waals surface area contributed by atoms with Gasteiger partial charge in [0.15, 0.2) is 11.6 Å². The van der Waals surface area contributed by atoms with Crippen LogP contribution >= 0.6 is 0 Å². The van der Waals surface area contributed by atoms with Crippen LogP contribution in [0.3, 0.4) is 0 Å². The lowest BCUT2D eigenvalue weighted by Crippen LogP contribution is -2.49. The predicted molar refractivity (Wildman–Crippen MR) is 240 cm³/mol. The standard InChI is InChI=1S/C51H77N3O6/c1-38(2)33-45(47(56)37-43(35-41-21-15-12-16-22-41)50(59)53-46(34-39(3)4)48(57)51(5)26-27-51)52-49(58)42(25-24-40-19-13-11-14-20-40)36-44(55)23-17-9-7-6-8-10-18-28-54-29-31-60-32-30-54/h11-16,19-22,38-39,42-43,45-46H,6-10,17-18,23-37H2,1-5H3,(H,52,58)(H,53,59)/t42?,43-,45+,46+/m1/s1. The van der Waals surface area contributed by atoms with Gasteiger partial charge in [-0.15, -0.1) is 0 Å². The number of carbonyl (C=O) groups excluding carboxylic acids is 5. The van der Waals surface area contributed by atoms with Gasteiger partial charge >= 0.3 is 0 Å². The molecule has 332 valence electrons. The molecule has 4 atom stereocenters. The van der Waals surface area contributed by atoms with E-state index in [0.717, 1.165) is 76.1 Å². The molecule has 9 heteroatoms. The van der Waals surface area contributed by atoms with Gasteiger partial charge in [-0.3, -0.25) is 28.9 Å². The van der Waals surface area contributed by atoms with E-state index in [-0.39, 0.29) is 53.8 Å². The Kier molecular flexibility index (Phi) is 21.2. The van der Waals surface area contributed by atoms with Crippen LogP contribution in [0.4, 0.5) is 0 Å². The first-order valence-corrected chi connectivity index (χ1v) is 23.4. The molecule has 60 heavy (non-hydrogen) atoms. The largest absolute Gasteiger partial charge is 0.379 e. The fraction of sp³-hybridized carbons (Fsp3) is 0.667. The molecular formula is C51H77N3O6. The molecule has 0 spiro atoms. The lowest BCUT2D eigenvalue weighted by molar-refractivity contribution is -0.135. The van der Waals surface area contributed by atoms with Gasteiger partial charge in [-0.2, -0.15) is 0 Å². The second-order valence-electron chi connectivity index (χ2n) is 19.0. The summed E-state index contributed by atoms with van der Waals surface area (Å²) < 4.78 is 5.44. The van der Waals surface area contributed by atoms with E-state index >= 15 is 0 Å². The second kappa shape index (κ2) is 25.9. The summed E-state index contributed by atoms with van der Waals surface area (Å²) in [6.07, 6.45) is 12.4. The third-order valence-electron chi connectivity index (χ3n) is 12.5. The van der Waals surface area contributed by atoms with Gasteiger partial charge in [0, 0.05) is 49.6 Å². The number of rotatable bonds is 30. The Bertz CT molecular complexity index is 1600. The smallest absolute Gasteiger partial charge is 0.224 e. The van der Waals surface area contributed by atoms with E-state index in [0.29, 0.717) is 38.5 Å². The van der Waals surface area contributed by atoms with Crippen molar-refractivity contribution < 1.29 is 28.7 Å². The quantitative estimate of drug-likeness (QED) is 0.0755. The predicted octanol–water partition coefficient (Wildman–Crippen LogP) is 8.90. The Labute approximate surface area is 361 Å². The molecule has 4 rings (SSSR count). The first kappa shape index (κ1) is 49.0. The molecule has 1 aliphatic carbocycles. The summed E-state index contributed by atoms with van der Waals surface area (Å²) in [5.74, 6) is -1.61. The number of aryl methyl sites for hydroxylation is 1. The molecule has 2 N–H and O–H groups in total. The van der Waals surface area contributed by atoms with E-state index in [1.165, 1.54) is 25.7 Å². The molecule has 1 saturated carbocycles. The van der Waals surface area contributed by atoms with Crippen LogP contribution in [0.1, 0.15) is 142 Å². The van der Waals surface area contributed by atoms with Crippen molar-refractivity contribution in [1.29, 1.82) is 0 Å². The van der Waals surface area contributed by atoms with Crippen molar-refractivity contribution in [2.75, 3.05) is 32.8 Å². The van der Waals surface area contributed by atoms with Crippen LogP contribution in [0, 0.1) is 29.1 Å². The first-order chi connectivity index (χ1) is 28.8. The minimum Gasteiger partial charge on any atom is -0.379 e. The summed E-state index contributed by atoms with van der Waals surface area (Å²) in [7, 11) is 0. The highest BCUT2D eigenvalue weighted by molar-refractivity contribution is 5.97. The van der Waals surface area contributed by atoms with Crippen LogP contribution in [-0.2, 0) is 41.6 Å². The zero-order valence-electron chi connectivity index (χ0n) is 37.7. The first-order valence-electron chi connectivity index (χ1n) is 23.4. The Morgan fingerprint density at radius 3 is 1.80 bits per heavy atom. The number of hydrogen-bond acceptors (Lipinski definition) is 7. The van der Waals surface area contributed by atoms with Crippen LogP contribution in [-0.4, -0.2) is 79.0 Å². The monoisotopic (exact) mass is 828 g/mol. The van der Waals surface area contributed by atoms with Crippen LogP contribution in [0.15, 0.2) is 60.7 Å². The lowest BCUT2D eigenvalue weighted by Gasteiger charge is -2.27. The van der Waals surface area contributed by atoms with Gasteiger partial charge in [-0.05, 0) is 87.3 Å². The molecule has 2 aromatic rings. The minimum absolute atomic E-state index is 0.0697. The molecule has 1 heterocycles. The van der Waals surface area contributed by atoms with Gasteiger partial charge in [-0.1, -0.05) is 127 Å². The molecule has 1 aliphatic heterocycles. The van der Waals surface area contributed by atoms with E-state index < -0.39 is 29.3 Å². The van der Waals surface area contributed by atoms with Crippen LogP contribution in [0.25, 0.3) is 0 Å². The number of Topliss-reactive ketones (excluding diaryl/α,β-unsaturated/α-hetero) is 3. The van der Waals surface area contributed by atoms with Gasteiger partial charge in [0.05, 0.1) is 25.3 Å². The highest BCUT2D eigenvalue weighted by Crippen LogP contribution is 2.47. The third kappa shape index (κ3) is 18.1. The highest BCUT2D eigenvalue weighted by atomic mass is 16.5. The van der Waals surface area contributed by atoms with Crippen molar-refractivity contribution >= 4 is 29.2 Å². The van der Waals surface area contributed by atoms with Gasteiger partial charge in [-0.25, -0.2) is 0 Å². The van der Waals surface area contributed by atoms with E-state index in [9.17, 15) is 24.0 Å². The van der Waals surface area contributed by atoms with Crippen molar-refractivity contribution in [2.24, 2.45) is 29.1 Å². The molecule has 1 unspecified atom stereocenters. The van der Waals surface area contributed by atoms with E-state index in [1.807, 2.05) is 95.3 Å². The molecule has 0 radical (unpaired) electrons. The number of ether oxygens (including phenoxy) is 1. The zero-order valence-corrected chi connectivity index (χ0v) is 37.7. The molecule has 0 bridgehead atoms. The molecule has 2 aliphatic rings. The van der Waals surface area contributed by atoms with E-state index in [2.05, 4.69) is 15.5 Å². The van der Waals surface area contributed by atoms with Crippen molar-refractivity contribution in [3.8, 4) is 0 Å². The molecule has 2 aromatic carbocycles. The summed E-state index contributed by atoms with van der Waals surface area (Å²) >= 11 is 0. The minimum atomic E-state index is -0.801. The number of benzene rings is 2. The van der Waals surface area contributed by atoms with Crippen LogP contribution < -0.4 is 10.6 Å². The number of morpholine rings is 1. The Hall–Kier alpha value is -3.69. The number of carbonyl (C=O) groups is 5. The van der Waals surface area contributed by atoms with Gasteiger partial charge < -0.3 is 15.4 Å². The number of hydrogen-bond donors (Lipinski definition) is 2. The summed E-state index contributed by atoms with van der Waals surface area (Å²) in [4.78, 5) is 72.1. The fourth-order valence-electron chi connectivity index (χ4n) is 8.47. The zero-order chi connectivity index (χ0) is 43.3. The highest BCUT2D eigenvalue weighted by Gasteiger charge is 2.48. The summed E-state index contributed by atoms with van der Waals surface area (Å²) in [5.41, 5.74) is 1.63. The SMILES string of the molecule is CC(C)C[C@H](NC(=O)C(CCc1ccccc1)CC(=O)CCCCCCCCCN1CCOCC1)C(=O)C[C@@H](Cc1ccccc1)C(=O)N[C@@H](CC(C)C)C(=O)C1(C)CC1. The maximum absolute atomic E-state index is 14.3. The normalized spacial score (nSPS) is 17.1. The number of amides is 2. The lowest BCUT2D eigenvalue weighted by atomic mass is 9.87. The molecule has 2 amide bonds. The van der Waals surface area contributed by atoms with Crippen molar-refractivity contribution in [1.82, 2.24) is 15.5 Å². The van der Waals surface area contributed by atoms with Crippen molar-refractivity contribution in [2.45, 2.75) is 156 Å². The molecular weight excluding hydrogens is 751 g/mol. The average Bonchev–Trinajstić information content (AvgIpc) is 3.99. The topological polar surface area (TPSA) is 122 Å².